The minimum absolute atomic E-state index is 0.771. The fourth-order valence-electron chi connectivity index (χ4n) is 2.34. The molecule has 0 amide bonds. The largest absolute Gasteiger partial charge is 0.380 e. The molecule has 0 atom stereocenters. The summed E-state index contributed by atoms with van der Waals surface area (Å²) in [6, 6.07) is 10.3. The van der Waals surface area contributed by atoms with Crippen LogP contribution in [0.15, 0.2) is 48.9 Å². The normalized spacial score (nSPS) is 10.7. The molecule has 1 aromatic carbocycles. The highest BCUT2D eigenvalue weighted by atomic mass is 14.9. The van der Waals surface area contributed by atoms with Crippen LogP contribution in [0.1, 0.15) is 16.7 Å². The average molecular weight is 263 g/mol. The molecule has 0 aliphatic rings. The summed E-state index contributed by atoms with van der Waals surface area (Å²) >= 11 is 0. The van der Waals surface area contributed by atoms with Gasteiger partial charge in [-0.1, -0.05) is 6.07 Å². The second kappa shape index (κ2) is 5.29. The van der Waals surface area contributed by atoms with E-state index in [0.29, 0.717) is 0 Å². The van der Waals surface area contributed by atoms with Crippen molar-refractivity contribution in [2.45, 2.75) is 20.4 Å². The molecule has 3 heteroatoms. The van der Waals surface area contributed by atoms with Crippen LogP contribution in [-0.2, 0) is 6.54 Å². The first-order valence-corrected chi connectivity index (χ1v) is 6.73. The quantitative estimate of drug-likeness (QED) is 0.779. The van der Waals surface area contributed by atoms with Gasteiger partial charge >= 0.3 is 0 Å². The predicted molar refractivity (Wildman–Crippen MR) is 82.8 cm³/mol. The maximum atomic E-state index is 4.46. The van der Waals surface area contributed by atoms with Crippen molar-refractivity contribution < 1.29 is 0 Å². The molecule has 0 saturated heterocycles. The van der Waals surface area contributed by atoms with E-state index in [1.807, 2.05) is 30.7 Å². The molecule has 2 aromatic heterocycles. The molecule has 0 saturated carbocycles. The summed E-state index contributed by atoms with van der Waals surface area (Å²) in [5.41, 5.74) is 5.83. The molecule has 100 valence electrons. The molecular weight excluding hydrogens is 246 g/mol. The number of nitrogens with one attached hydrogen (secondary N) is 1. The fourth-order valence-corrected chi connectivity index (χ4v) is 2.34. The van der Waals surface area contributed by atoms with Crippen molar-refractivity contribution in [2.75, 3.05) is 5.32 Å². The summed E-state index contributed by atoms with van der Waals surface area (Å²) in [4.78, 5) is 8.64. The van der Waals surface area contributed by atoms with E-state index in [9.17, 15) is 0 Å². The molecule has 0 aliphatic heterocycles. The predicted octanol–water partition coefficient (Wildman–Crippen LogP) is 3.86. The molecule has 20 heavy (non-hydrogen) atoms. The van der Waals surface area contributed by atoms with Gasteiger partial charge in [-0.3, -0.25) is 9.97 Å². The van der Waals surface area contributed by atoms with E-state index in [0.717, 1.165) is 23.1 Å². The van der Waals surface area contributed by atoms with Crippen LogP contribution in [0.25, 0.3) is 10.9 Å². The first kappa shape index (κ1) is 12.6. The van der Waals surface area contributed by atoms with Crippen LogP contribution in [0, 0.1) is 13.8 Å². The lowest BCUT2D eigenvalue weighted by Crippen LogP contribution is -2.02. The number of aromatic nitrogens is 2. The Balaban J connectivity index is 1.92. The van der Waals surface area contributed by atoms with E-state index in [4.69, 9.17) is 0 Å². The standard InChI is InChI=1S/C17H17N3/c1-12-7-9-18-10-14(12)11-20-16-6-5-13(2)17-15(16)4-3-8-19-17/h3-10,20H,11H2,1-2H3. The number of nitrogens with zero attached hydrogens (tertiary/aromatic N) is 2. The first-order valence-electron chi connectivity index (χ1n) is 6.73. The number of aryl methyl sites for hydroxylation is 2. The van der Waals surface area contributed by atoms with Crippen LogP contribution >= 0.6 is 0 Å². The lowest BCUT2D eigenvalue weighted by atomic mass is 10.1. The van der Waals surface area contributed by atoms with Gasteiger partial charge < -0.3 is 5.32 Å². The van der Waals surface area contributed by atoms with Crippen LogP contribution < -0.4 is 5.32 Å². The average Bonchev–Trinajstić information content (AvgIpc) is 2.48. The smallest absolute Gasteiger partial charge is 0.0751 e. The SMILES string of the molecule is Cc1ccncc1CNc1ccc(C)c2ncccc12. The van der Waals surface area contributed by atoms with E-state index in [1.165, 1.54) is 16.7 Å². The van der Waals surface area contributed by atoms with Crippen molar-refractivity contribution in [1.82, 2.24) is 9.97 Å². The molecule has 2 heterocycles. The Morgan fingerprint density at radius 3 is 2.75 bits per heavy atom. The zero-order valence-corrected chi connectivity index (χ0v) is 11.7. The number of anilines is 1. The topological polar surface area (TPSA) is 37.8 Å². The number of hydrogen-bond acceptors (Lipinski definition) is 3. The lowest BCUT2D eigenvalue weighted by molar-refractivity contribution is 1.08. The van der Waals surface area contributed by atoms with E-state index in [1.54, 1.807) is 0 Å². The van der Waals surface area contributed by atoms with Crippen molar-refractivity contribution in [2.24, 2.45) is 0 Å². The van der Waals surface area contributed by atoms with Gasteiger partial charge in [-0.2, -0.15) is 0 Å². The van der Waals surface area contributed by atoms with Crippen LogP contribution in [0.3, 0.4) is 0 Å². The highest BCUT2D eigenvalue weighted by Gasteiger charge is 2.04. The van der Waals surface area contributed by atoms with Crippen molar-refractivity contribution in [3.8, 4) is 0 Å². The van der Waals surface area contributed by atoms with Gasteiger partial charge in [-0.15, -0.1) is 0 Å². The summed E-state index contributed by atoms with van der Waals surface area (Å²) in [5, 5.41) is 4.65. The molecule has 1 N–H and O–H groups in total. The summed E-state index contributed by atoms with van der Waals surface area (Å²) in [7, 11) is 0. The minimum atomic E-state index is 0.771. The van der Waals surface area contributed by atoms with Gasteiger partial charge in [-0.05, 0) is 54.8 Å². The van der Waals surface area contributed by atoms with Crippen LogP contribution in [-0.4, -0.2) is 9.97 Å². The van der Waals surface area contributed by atoms with Crippen molar-refractivity contribution >= 4 is 16.6 Å². The summed E-state index contributed by atoms with van der Waals surface area (Å²) in [6.07, 6.45) is 5.57. The summed E-state index contributed by atoms with van der Waals surface area (Å²) < 4.78 is 0. The second-order valence-corrected chi connectivity index (χ2v) is 4.99. The Morgan fingerprint density at radius 1 is 1.00 bits per heavy atom. The first-order chi connectivity index (χ1) is 9.75. The fraction of sp³-hybridized carbons (Fsp3) is 0.176. The molecule has 3 aromatic rings. The van der Waals surface area contributed by atoms with Crippen LogP contribution in [0.2, 0.25) is 0 Å². The van der Waals surface area contributed by atoms with Crippen LogP contribution in [0.5, 0.6) is 0 Å². The molecular formula is C17H17N3. The van der Waals surface area contributed by atoms with Crippen molar-refractivity contribution in [3.05, 3.63) is 65.6 Å². The minimum Gasteiger partial charge on any atom is -0.380 e. The Bertz CT molecular complexity index is 750. The molecule has 0 bridgehead atoms. The number of pyridine rings is 2. The second-order valence-electron chi connectivity index (χ2n) is 4.99. The molecule has 0 radical (unpaired) electrons. The molecule has 3 nitrogen and oxygen atoms in total. The van der Waals surface area contributed by atoms with Gasteiger partial charge in [0.2, 0.25) is 0 Å². The number of fused-ring (bicyclic) bond motifs is 1. The zero-order valence-electron chi connectivity index (χ0n) is 11.7. The Labute approximate surface area is 118 Å². The monoisotopic (exact) mass is 263 g/mol. The maximum Gasteiger partial charge on any atom is 0.0751 e. The summed E-state index contributed by atoms with van der Waals surface area (Å²) in [5.74, 6) is 0. The van der Waals surface area contributed by atoms with Crippen molar-refractivity contribution in [1.29, 1.82) is 0 Å². The van der Waals surface area contributed by atoms with Gasteiger partial charge in [0, 0.05) is 36.2 Å². The van der Waals surface area contributed by atoms with Gasteiger partial charge in [0.1, 0.15) is 0 Å². The third kappa shape index (κ3) is 2.35. The van der Waals surface area contributed by atoms with E-state index < -0.39 is 0 Å². The Hall–Kier alpha value is -2.42. The third-order valence-corrected chi connectivity index (χ3v) is 3.59. The number of hydrogen-bond donors (Lipinski definition) is 1. The number of rotatable bonds is 3. The molecule has 0 spiro atoms. The zero-order chi connectivity index (χ0) is 13.9. The lowest BCUT2D eigenvalue weighted by Gasteiger charge is -2.12. The highest BCUT2D eigenvalue weighted by molar-refractivity contribution is 5.93. The molecule has 3 rings (SSSR count). The third-order valence-electron chi connectivity index (χ3n) is 3.59. The maximum absolute atomic E-state index is 4.46. The molecule has 0 aliphatic carbocycles. The van der Waals surface area contributed by atoms with Gasteiger partial charge in [0.25, 0.3) is 0 Å². The Morgan fingerprint density at radius 2 is 1.90 bits per heavy atom. The number of benzene rings is 1. The molecule has 0 fully saturated rings. The van der Waals surface area contributed by atoms with E-state index in [-0.39, 0.29) is 0 Å². The van der Waals surface area contributed by atoms with E-state index in [2.05, 4.69) is 47.3 Å². The van der Waals surface area contributed by atoms with Gasteiger partial charge in [-0.25, -0.2) is 0 Å². The van der Waals surface area contributed by atoms with Gasteiger partial charge in [0.15, 0.2) is 0 Å². The Kier molecular flexibility index (Phi) is 3.33. The van der Waals surface area contributed by atoms with Crippen LogP contribution in [0.4, 0.5) is 5.69 Å². The van der Waals surface area contributed by atoms with E-state index >= 15 is 0 Å². The molecule has 0 unspecified atom stereocenters. The summed E-state index contributed by atoms with van der Waals surface area (Å²) in [6.45, 7) is 4.96. The highest BCUT2D eigenvalue weighted by Crippen LogP contribution is 2.25. The van der Waals surface area contributed by atoms with Gasteiger partial charge in [0.05, 0.1) is 5.52 Å². The van der Waals surface area contributed by atoms with Crippen molar-refractivity contribution in [3.63, 3.8) is 0 Å².